The molecule has 0 aliphatic carbocycles. The van der Waals surface area contributed by atoms with Crippen molar-refractivity contribution >= 4 is 27.8 Å². The first-order valence-corrected chi connectivity index (χ1v) is 9.66. The van der Waals surface area contributed by atoms with Gasteiger partial charge < -0.3 is 4.57 Å². The molecule has 1 aromatic heterocycles. The van der Waals surface area contributed by atoms with Crippen LogP contribution in [0.25, 0.3) is 0 Å². The summed E-state index contributed by atoms with van der Waals surface area (Å²) in [5.41, 5.74) is 1.24. The Balaban J connectivity index is 2.17. The average Bonchev–Trinajstić information content (AvgIpc) is 2.89. The van der Waals surface area contributed by atoms with Gasteiger partial charge in [-0.25, -0.2) is 0 Å². The molecule has 0 bridgehead atoms. The Labute approximate surface area is 138 Å². The highest BCUT2D eigenvalue weighted by atomic mass is 32.2. The van der Waals surface area contributed by atoms with Crippen molar-refractivity contribution in [3.05, 3.63) is 48.3 Å². The van der Waals surface area contributed by atoms with Crippen LogP contribution in [0.15, 0.2) is 58.2 Å². The minimum absolute atomic E-state index is 0.0280. The fraction of sp³-hybridized carbons (Fsp3) is 0.308. The summed E-state index contributed by atoms with van der Waals surface area (Å²) in [4.78, 5) is 0. The van der Waals surface area contributed by atoms with Gasteiger partial charge in [0.25, 0.3) is 10.1 Å². The molecule has 0 saturated carbocycles. The van der Waals surface area contributed by atoms with Gasteiger partial charge in [-0.2, -0.15) is 8.42 Å². The second kappa shape index (κ2) is 8.09. The molecule has 1 aromatic carbocycles. The number of benzene rings is 1. The lowest BCUT2D eigenvalue weighted by Gasteiger charge is -2.03. The molecular formula is C13H17N5O3S2. The Morgan fingerprint density at radius 2 is 1.96 bits per heavy atom. The van der Waals surface area contributed by atoms with Crippen LogP contribution >= 0.6 is 11.9 Å². The number of aromatic nitrogens is 2. The summed E-state index contributed by atoms with van der Waals surface area (Å²) in [6.07, 6.45) is 6.50. The fourth-order valence-corrected chi connectivity index (χ4v) is 2.57. The van der Waals surface area contributed by atoms with Gasteiger partial charge in [-0.15, -0.1) is 5.11 Å². The van der Waals surface area contributed by atoms with Crippen LogP contribution in [-0.2, 0) is 20.8 Å². The fourth-order valence-electron chi connectivity index (χ4n) is 1.72. The molecule has 0 N–H and O–H groups in total. The molecule has 0 atom stereocenters. The van der Waals surface area contributed by atoms with Gasteiger partial charge in [-0.3, -0.25) is 8.16 Å². The van der Waals surface area contributed by atoms with Gasteiger partial charge in [0.15, 0.2) is 0 Å². The summed E-state index contributed by atoms with van der Waals surface area (Å²) in [7, 11) is -3.46. The van der Waals surface area contributed by atoms with Crippen LogP contribution in [0.5, 0.6) is 0 Å². The summed E-state index contributed by atoms with van der Waals surface area (Å²) < 4.78 is 30.3. The molecule has 2 aromatic rings. The zero-order chi connectivity index (χ0) is 16.7. The lowest BCUT2D eigenvalue weighted by molar-refractivity contribution is 0.301. The standard InChI is InChI=1S/C13H17N5O3S2/c1-22-18-9-8-17(10-11-21-23(2,19)20)13(18)15-16-14-12-6-4-3-5-7-12/h3-9H,10-11H2,1-2H3/b15-13-,16-14?. The smallest absolute Gasteiger partial charge is 0.264 e. The van der Waals surface area contributed by atoms with Gasteiger partial charge in [0, 0.05) is 18.6 Å². The van der Waals surface area contributed by atoms with Crippen LogP contribution in [0.2, 0.25) is 0 Å². The summed E-state index contributed by atoms with van der Waals surface area (Å²) in [6, 6.07) is 9.26. The van der Waals surface area contributed by atoms with E-state index in [2.05, 4.69) is 15.4 Å². The third-order valence-corrected chi connectivity index (χ3v) is 3.99. The molecule has 0 unspecified atom stereocenters. The molecule has 124 valence electrons. The van der Waals surface area contributed by atoms with E-state index in [4.69, 9.17) is 4.18 Å². The third-order valence-electron chi connectivity index (χ3n) is 2.71. The first-order valence-electron chi connectivity index (χ1n) is 6.66. The molecule has 0 aliphatic rings. The van der Waals surface area contributed by atoms with Gasteiger partial charge in [0.05, 0.1) is 25.1 Å². The predicted octanol–water partition coefficient (Wildman–Crippen LogP) is 1.99. The van der Waals surface area contributed by atoms with Crippen molar-refractivity contribution in [2.75, 3.05) is 19.1 Å². The maximum Gasteiger partial charge on any atom is 0.264 e. The van der Waals surface area contributed by atoms with Crippen molar-refractivity contribution in [1.82, 2.24) is 8.54 Å². The van der Waals surface area contributed by atoms with Gasteiger partial charge in [-0.05, 0) is 29.3 Å². The number of rotatable bonds is 7. The van der Waals surface area contributed by atoms with E-state index < -0.39 is 10.1 Å². The summed E-state index contributed by atoms with van der Waals surface area (Å²) in [5, 5.41) is 12.0. The molecule has 2 rings (SSSR count). The highest BCUT2D eigenvalue weighted by molar-refractivity contribution is 7.97. The van der Waals surface area contributed by atoms with E-state index in [-0.39, 0.29) is 6.61 Å². The van der Waals surface area contributed by atoms with E-state index >= 15 is 0 Å². The largest absolute Gasteiger partial charge is 0.313 e. The van der Waals surface area contributed by atoms with Crippen LogP contribution in [0.1, 0.15) is 0 Å². The quantitative estimate of drug-likeness (QED) is 0.431. The molecule has 0 spiro atoms. The second-order valence-electron chi connectivity index (χ2n) is 4.45. The lowest BCUT2D eigenvalue weighted by Crippen LogP contribution is -2.24. The maximum atomic E-state index is 11.0. The number of hydrogen-bond donors (Lipinski definition) is 0. The number of nitrogens with zero attached hydrogens (tertiary/aromatic N) is 5. The van der Waals surface area contributed by atoms with Crippen LogP contribution < -0.4 is 5.62 Å². The Kier molecular flexibility index (Phi) is 6.13. The second-order valence-corrected chi connectivity index (χ2v) is 6.85. The van der Waals surface area contributed by atoms with Crippen molar-refractivity contribution in [1.29, 1.82) is 0 Å². The molecule has 0 radical (unpaired) electrons. The summed E-state index contributed by atoms with van der Waals surface area (Å²) in [5.74, 6) is 0. The van der Waals surface area contributed by atoms with Crippen molar-refractivity contribution in [2.24, 2.45) is 15.4 Å². The summed E-state index contributed by atoms with van der Waals surface area (Å²) >= 11 is 1.44. The molecule has 0 saturated heterocycles. The van der Waals surface area contributed by atoms with Gasteiger partial charge >= 0.3 is 0 Å². The zero-order valence-corrected chi connectivity index (χ0v) is 14.4. The molecule has 10 heteroatoms. The van der Waals surface area contributed by atoms with E-state index in [9.17, 15) is 8.42 Å². The van der Waals surface area contributed by atoms with Crippen molar-refractivity contribution in [3.8, 4) is 0 Å². The first-order chi connectivity index (χ1) is 11.0. The minimum Gasteiger partial charge on any atom is -0.313 e. The average molecular weight is 355 g/mol. The monoisotopic (exact) mass is 355 g/mol. The van der Waals surface area contributed by atoms with Crippen LogP contribution in [0.3, 0.4) is 0 Å². The highest BCUT2D eigenvalue weighted by Gasteiger charge is 2.04. The van der Waals surface area contributed by atoms with Crippen molar-refractivity contribution < 1.29 is 12.6 Å². The maximum absolute atomic E-state index is 11.0. The molecular weight excluding hydrogens is 338 g/mol. The Bertz CT molecular complexity index is 825. The number of imidazole rings is 1. The van der Waals surface area contributed by atoms with E-state index in [0.29, 0.717) is 17.9 Å². The van der Waals surface area contributed by atoms with Crippen LogP contribution in [0, 0.1) is 0 Å². The number of hydrogen-bond acceptors (Lipinski definition) is 6. The molecule has 0 amide bonds. The van der Waals surface area contributed by atoms with Crippen LogP contribution in [0.4, 0.5) is 5.69 Å². The minimum atomic E-state index is -3.46. The summed E-state index contributed by atoms with van der Waals surface area (Å²) in [6.45, 7) is 0.362. The third kappa shape index (κ3) is 5.66. The zero-order valence-electron chi connectivity index (χ0n) is 12.7. The SMILES string of the molecule is CSn1ccn(CCOS(C)(=O)=O)/c1=N/N=Nc1ccccc1. The normalized spacial score (nSPS) is 13.0. The highest BCUT2D eigenvalue weighted by Crippen LogP contribution is 2.09. The topological polar surface area (TPSA) is 90.3 Å². The van der Waals surface area contributed by atoms with Gasteiger partial charge in [-0.1, -0.05) is 23.3 Å². The van der Waals surface area contributed by atoms with Gasteiger partial charge in [0.1, 0.15) is 0 Å². The lowest BCUT2D eigenvalue weighted by atomic mass is 10.3. The predicted molar refractivity (Wildman–Crippen MR) is 88.7 cm³/mol. The van der Waals surface area contributed by atoms with Crippen molar-refractivity contribution in [3.63, 3.8) is 0 Å². The Morgan fingerprint density at radius 1 is 1.22 bits per heavy atom. The Morgan fingerprint density at radius 3 is 2.61 bits per heavy atom. The van der Waals surface area contributed by atoms with Crippen molar-refractivity contribution in [2.45, 2.75) is 6.54 Å². The van der Waals surface area contributed by atoms with E-state index in [1.165, 1.54) is 11.9 Å². The Hall–Kier alpha value is -1.91. The molecule has 1 heterocycles. The van der Waals surface area contributed by atoms with E-state index in [0.717, 1.165) is 6.26 Å². The molecule has 8 nitrogen and oxygen atoms in total. The first kappa shape index (κ1) is 17.4. The molecule has 23 heavy (non-hydrogen) atoms. The van der Waals surface area contributed by atoms with Crippen LogP contribution in [-0.4, -0.2) is 36.1 Å². The van der Waals surface area contributed by atoms with E-state index in [1.807, 2.05) is 42.8 Å². The van der Waals surface area contributed by atoms with E-state index in [1.54, 1.807) is 14.7 Å². The molecule has 0 fully saturated rings. The van der Waals surface area contributed by atoms with Gasteiger partial charge in [0.2, 0.25) is 5.62 Å². The molecule has 0 aliphatic heterocycles.